The van der Waals surface area contributed by atoms with E-state index in [1.54, 1.807) is 31.3 Å². The van der Waals surface area contributed by atoms with Crippen molar-refractivity contribution in [3.05, 3.63) is 46.2 Å². The van der Waals surface area contributed by atoms with Gasteiger partial charge in [0.2, 0.25) is 0 Å². The number of aryl methyl sites for hydroxylation is 2. The maximum absolute atomic E-state index is 12.4. The van der Waals surface area contributed by atoms with Crippen LogP contribution in [0.5, 0.6) is 5.75 Å². The fourth-order valence-corrected chi connectivity index (χ4v) is 2.39. The minimum absolute atomic E-state index is 0.140. The van der Waals surface area contributed by atoms with E-state index in [1.165, 1.54) is 0 Å². The van der Waals surface area contributed by atoms with Crippen LogP contribution in [0.2, 0.25) is 5.02 Å². The van der Waals surface area contributed by atoms with E-state index in [-0.39, 0.29) is 17.7 Å². The molecular formula is C16H19ClN2O2. The molecule has 4 nitrogen and oxygen atoms in total. The van der Waals surface area contributed by atoms with Gasteiger partial charge in [-0.1, -0.05) is 11.6 Å². The SMILES string of the molecule is Cc1cc(NC(=O)c2cc(Cl)cn2C(C)C)c(C)cc1O. The lowest BCUT2D eigenvalue weighted by atomic mass is 10.1. The number of anilines is 1. The van der Waals surface area contributed by atoms with Gasteiger partial charge in [-0.25, -0.2) is 0 Å². The summed E-state index contributed by atoms with van der Waals surface area (Å²) >= 11 is 6.00. The normalized spacial score (nSPS) is 11.0. The number of carbonyl (C=O) groups is 1. The van der Waals surface area contributed by atoms with Gasteiger partial charge in [-0.3, -0.25) is 4.79 Å². The molecular weight excluding hydrogens is 288 g/mol. The van der Waals surface area contributed by atoms with Crippen LogP contribution in [-0.2, 0) is 0 Å². The van der Waals surface area contributed by atoms with Gasteiger partial charge in [0.15, 0.2) is 0 Å². The van der Waals surface area contributed by atoms with Gasteiger partial charge in [0.05, 0.1) is 5.02 Å². The highest BCUT2D eigenvalue weighted by atomic mass is 35.5. The van der Waals surface area contributed by atoms with E-state index in [9.17, 15) is 9.90 Å². The second kappa shape index (κ2) is 5.82. The average molecular weight is 307 g/mol. The Balaban J connectivity index is 2.33. The molecule has 2 N–H and O–H groups in total. The van der Waals surface area contributed by atoms with Crippen LogP contribution in [0.4, 0.5) is 5.69 Å². The lowest BCUT2D eigenvalue weighted by Gasteiger charge is -2.14. The molecule has 0 bridgehead atoms. The highest BCUT2D eigenvalue weighted by Crippen LogP contribution is 2.26. The quantitative estimate of drug-likeness (QED) is 0.831. The van der Waals surface area contributed by atoms with Crippen molar-refractivity contribution in [1.29, 1.82) is 0 Å². The van der Waals surface area contributed by atoms with E-state index in [0.717, 1.165) is 5.56 Å². The van der Waals surface area contributed by atoms with Crippen molar-refractivity contribution >= 4 is 23.2 Å². The van der Waals surface area contributed by atoms with E-state index in [1.807, 2.05) is 25.3 Å². The summed E-state index contributed by atoms with van der Waals surface area (Å²) in [6.45, 7) is 7.60. The molecule has 0 spiro atoms. The number of phenols is 1. The fourth-order valence-electron chi connectivity index (χ4n) is 2.18. The first-order chi connectivity index (χ1) is 9.79. The van der Waals surface area contributed by atoms with Gasteiger partial charge >= 0.3 is 0 Å². The van der Waals surface area contributed by atoms with Crippen molar-refractivity contribution in [3.63, 3.8) is 0 Å². The van der Waals surface area contributed by atoms with Gasteiger partial charge in [0.1, 0.15) is 11.4 Å². The number of aromatic hydroxyl groups is 1. The molecule has 0 fully saturated rings. The van der Waals surface area contributed by atoms with E-state index >= 15 is 0 Å². The van der Waals surface area contributed by atoms with Crippen LogP contribution in [0.15, 0.2) is 24.4 Å². The molecule has 0 aliphatic heterocycles. The first kappa shape index (κ1) is 15.4. The third-order valence-electron chi connectivity index (χ3n) is 3.40. The molecule has 2 rings (SSSR count). The van der Waals surface area contributed by atoms with Crippen molar-refractivity contribution < 1.29 is 9.90 Å². The highest BCUT2D eigenvalue weighted by Gasteiger charge is 2.16. The largest absolute Gasteiger partial charge is 0.508 e. The number of benzene rings is 1. The van der Waals surface area contributed by atoms with Gasteiger partial charge in [-0.2, -0.15) is 0 Å². The zero-order valence-corrected chi connectivity index (χ0v) is 13.3. The van der Waals surface area contributed by atoms with Crippen molar-refractivity contribution in [3.8, 4) is 5.75 Å². The Hall–Kier alpha value is -1.94. The minimum Gasteiger partial charge on any atom is -0.508 e. The van der Waals surface area contributed by atoms with Gasteiger partial charge in [-0.05, 0) is 57.0 Å². The molecule has 0 unspecified atom stereocenters. The van der Waals surface area contributed by atoms with Crippen LogP contribution < -0.4 is 5.32 Å². The molecule has 0 atom stereocenters. The summed E-state index contributed by atoms with van der Waals surface area (Å²) in [5, 5.41) is 13.1. The molecule has 0 radical (unpaired) electrons. The number of amides is 1. The first-order valence-corrected chi connectivity index (χ1v) is 7.16. The third kappa shape index (κ3) is 3.22. The molecule has 1 amide bonds. The summed E-state index contributed by atoms with van der Waals surface area (Å²) < 4.78 is 1.83. The monoisotopic (exact) mass is 306 g/mol. The molecule has 1 heterocycles. The Morgan fingerprint density at radius 2 is 1.90 bits per heavy atom. The number of phenolic OH excluding ortho intramolecular Hbond substituents is 1. The van der Waals surface area contributed by atoms with Crippen molar-refractivity contribution in [2.75, 3.05) is 5.32 Å². The van der Waals surface area contributed by atoms with Crippen molar-refractivity contribution in [2.24, 2.45) is 0 Å². The second-order valence-electron chi connectivity index (χ2n) is 5.45. The smallest absolute Gasteiger partial charge is 0.272 e. The van der Waals surface area contributed by atoms with Crippen LogP contribution in [-0.4, -0.2) is 15.6 Å². The van der Waals surface area contributed by atoms with Gasteiger partial charge in [0.25, 0.3) is 5.91 Å². The Morgan fingerprint density at radius 3 is 2.52 bits per heavy atom. The lowest BCUT2D eigenvalue weighted by molar-refractivity contribution is 0.101. The molecule has 1 aromatic carbocycles. The predicted molar refractivity (Wildman–Crippen MR) is 85.4 cm³/mol. The second-order valence-corrected chi connectivity index (χ2v) is 5.89. The topological polar surface area (TPSA) is 54.3 Å². The first-order valence-electron chi connectivity index (χ1n) is 6.78. The number of nitrogens with zero attached hydrogens (tertiary/aromatic N) is 1. The summed E-state index contributed by atoms with van der Waals surface area (Å²) in [4.78, 5) is 12.4. The molecule has 5 heteroatoms. The molecule has 112 valence electrons. The number of hydrogen-bond donors (Lipinski definition) is 2. The van der Waals surface area contributed by atoms with E-state index in [4.69, 9.17) is 11.6 Å². The number of nitrogens with one attached hydrogen (secondary N) is 1. The highest BCUT2D eigenvalue weighted by molar-refractivity contribution is 6.31. The van der Waals surface area contributed by atoms with Crippen LogP contribution in [0, 0.1) is 13.8 Å². The van der Waals surface area contributed by atoms with Crippen LogP contribution in [0.1, 0.15) is 41.5 Å². The molecule has 1 aromatic heterocycles. The van der Waals surface area contributed by atoms with E-state index in [2.05, 4.69) is 5.32 Å². The number of halogens is 1. The van der Waals surface area contributed by atoms with Gasteiger partial charge in [0, 0.05) is 17.9 Å². The van der Waals surface area contributed by atoms with Crippen molar-refractivity contribution in [2.45, 2.75) is 33.7 Å². The number of rotatable bonds is 3. The summed E-state index contributed by atoms with van der Waals surface area (Å²) in [5.41, 5.74) is 2.72. The molecule has 0 aliphatic carbocycles. The Bertz CT molecular complexity index is 690. The summed E-state index contributed by atoms with van der Waals surface area (Å²) in [7, 11) is 0. The number of aromatic nitrogens is 1. The number of hydrogen-bond acceptors (Lipinski definition) is 2. The molecule has 0 saturated heterocycles. The summed E-state index contributed by atoms with van der Waals surface area (Å²) in [5.74, 6) is 0.00267. The third-order valence-corrected chi connectivity index (χ3v) is 3.60. The van der Waals surface area contributed by atoms with E-state index < -0.39 is 0 Å². The average Bonchev–Trinajstić information content (AvgIpc) is 2.78. The summed E-state index contributed by atoms with van der Waals surface area (Å²) in [6.07, 6.45) is 1.75. The van der Waals surface area contributed by atoms with Gasteiger partial charge in [-0.15, -0.1) is 0 Å². The number of carbonyl (C=O) groups excluding carboxylic acids is 1. The zero-order chi connectivity index (χ0) is 15.7. The zero-order valence-electron chi connectivity index (χ0n) is 12.6. The van der Waals surface area contributed by atoms with Gasteiger partial charge < -0.3 is 15.0 Å². The lowest BCUT2D eigenvalue weighted by Crippen LogP contribution is -2.18. The van der Waals surface area contributed by atoms with E-state index in [0.29, 0.717) is 22.0 Å². The predicted octanol–water partition coefficient (Wildman–Crippen LogP) is 4.30. The molecule has 0 saturated carbocycles. The minimum atomic E-state index is -0.219. The standard InChI is InChI=1S/C16H19ClN2O2/c1-9(2)19-8-12(17)7-14(19)16(21)18-13-5-11(4)15(20)6-10(13)3/h5-9,20H,1-4H3,(H,18,21). The maximum Gasteiger partial charge on any atom is 0.272 e. The maximum atomic E-state index is 12.4. The Morgan fingerprint density at radius 1 is 1.24 bits per heavy atom. The van der Waals surface area contributed by atoms with Crippen LogP contribution in [0.25, 0.3) is 0 Å². The fraction of sp³-hybridized carbons (Fsp3) is 0.312. The Labute approximate surface area is 129 Å². The molecule has 0 aliphatic rings. The Kier molecular flexibility index (Phi) is 4.28. The van der Waals surface area contributed by atoms with Crippen LogP contribution >= 0.6 is 11.6 Å². The molecule has 21 heavy (non-hydrogen) atoms. The van der Waals surface area contributed by atoms with Crippen LogP contribution in [0.3, 0.4) is 0 Å². The molecule has 2 aromatic rings. The summed E-state index contributed by atoms with van der Waals surface area (Å²) in [6, 6.07) is 5.19. The van der Waals surface area contributed by atoms with Crippen molar-refractivity contribution in [1.82, 2.24) is 4.57 Å².